The minimum absolute atomic E-state index is 0.0488. The van der Waals surface area contributed by atoms with Gasteiger partial charge in [0.2, 0.25) is 5.16 Å². The Kier molecular flexibility index (Phi) is 4.28. The molecule has 0 unspecified atom stereocenters. The predicted octanol–water partition coefficient (Wildman–Crippen LogP) is 2.78. The molecule has 1 aliphatic rings. The van der Waals surface area contributed by atoms with E-state index in [0.29, 0.717) is 40.8 Å². The third-order valence-electron chi connectivity index (χ3n) is 4.62. The number of rotatable bonds is 4. The molecule has 0 fully saturated rings. The maximum Gasteiger partial charge on any atom is 0.253 e. The van der Waals surface area contributed by atoms with Crippen molar-refractivity contribution in [1.29, 1.82) is 0 Å². The summed E-state index contributed by atoms with van der Waals surface area (Å²) in [5, 5.41) is 4.96. The smallest absolute Gasteiger partial charge is 0.253 e. The van der Waals surface area contributed by atoms with E-state index in [-0.39, 0.29) is 11.7 Å². The maximum absolute atomic E-state index is 12.7. The number of Topliss-reactive ketones (excluding diaryl/α,β-unsaturated/α-hetero) is 1. The molecule has 0 spiro atoms. The first-order valence-corrected chi connectivity index (χ1v) is 9.40. The second-order valence-electron chi connectivity index (χ2n) is 6.09. The third kappa shape index (κ3) is 2.80. The molecule has 0 bridgehead atoms. The van der Waals surface area contributed by atoms with Crippen LogP contribution in [0.25, 0.3) is 5.78 Å². The highest BCUT2D eigenvalue weighted by Gasteiger charge is 2.29. The Morgan fingerprint density at radius 2 is 1.96 bits per heavy atom. The first kappa shape index (κ1) is 16.8. The molecule has 2 heterocycles. The fraction of sp³-hybridized carbons (Fsp3) is 0.333. The van der Waals surface area contributed by atoms with E-state index >= 15 is 0 Å². The molecule has 0 aliphatic heterocycles. The van der Waals surface area contributed by atoms with Gasteiger partial charge in [0.25, 0.3) is 5.78 Å². The highest BCUT2D eigenvalue weighted by Crippen LogP contribution is 2.36. The SMILES string of the molecule is COc1ccc([C@@H]2CC(=O)c3cn4nc(SC)nc4nc3C2)cc1OC. The summed E-state index contributed by atoms with van der Waals surface area (Å²) in [6.07, 6.45) is 4.76. The number of hydrogen-bond donors (Lipinski definition) is 0. The topological polar surface area (TPSA) is 78.6 Å². The van der Waals surface area contributed by atoms with E-state index in [1.54, 1.807) is 24.9 Å². The summed E-state index contributed by atoms with van der Waals surface area (Å²) in [5.41, 5.74) is 2.44. The number of ketones is 1. The van der Waals surface area contributed by atoms with Crippen LogP contribution >= 0.6 is 11.8 Å². The van der Waals surface area contributed by atoms with Crippen molar-refractivity contribution in [2.75, 3.05) is 20.5 Å². The molecule has 7 nitrogen and oxygen atoms in total. The molecule has 26 heavy (non-hydrogen) atoms. The molecule has 0 saturated heterocycles. The van der Waals surface area contributed by atoms with Crippen molar-refractivity contribution >= 4 is 23.3 Å². The summed E-state index contributed by atoms with van der Waals surface area (Å²) in [5.74, 6) is 1.98. The Labute approximate surface area is 154 Å². The first-order chi connectivity index (χ1) is 12.6. The monoisotopic (exact) mass is 370 g/mol. The third-order valence-corrected chi connectivity index (χ3v) is 5.16. The molecule has 0 saturated carbocycles. The molecule has 3 aromatic rings. The summed E-state index contributed by atoms with van der Waals surface area (Å²) in [6, 6.07) is 5.78. The minimum atomic E-state index is 0.0488. The van der Waals surface area contributed by atoms with E-state index in [4.69, 9.17) is 9.47 Å². The Bertz CT molecular complexity index is 1000. The average molecular weight is 370 g/mol. The van der Waals surface area contributed by atoms with Crippen LogP contribution in [0.15, 0.2) is 29.6 Å². The van der Waals surface area contributed by atoms with E-state index in [1.807, 2.05) is 24.5 Å². The van der Waals surface area contributed by atoms with Crippen LogP contribution in [0.4, 0.5) is 0 Å². The Morgan fingerprint density at radius 3 is 2.69 bits per heavy atom. The zero-order chi connectivity index (χ0) is 18.3. The zero-order valence-electron chi connectivity index (χ0n) is 14.7. The molecule has 0 amide bonds. The fourth-order valence-electron chi connectivity index (χ4n) is 3.29. The van der Waals surface area contributed by atoms with Gasteiger partial charge < -0.3 is 9.47 Å². The number of ether oxygens (including phenoxy) is 2. The molecule has 0 radical (unpaired) electrons. The van der Waals surface area contributed by atoms with Crippen LogP contribution < -0.4 is 9.47 Å². The van der Waals surface area contributed by atoms with E-state index in [9.17, 15) is 4.79 Å². The number of carbonyl (C=O) groups excluding carboxylic acids is 1. The number of thioether (sulfide) groups is 1. The number of fused-ring (bicyclic) bond motifs is 2. The lowest BCUT2D eigenvalue weighted by Gasteiger charge is -2.23. The van der Waals surface area contributed by atoms with Gasteiger partial charge in [0, 0.05) is 12.6 Å². The molecule has 2 aromatic heterocycles. The fourth-order valence-corrected chi connectivity index (χ4v) is 3.64. The van der Waals surface area contributed by atoms with Crippen molar-refractivity contribution in [3.8, 4) is 11.5 Å². The summed E-state index contributed by atoms with van der Waals surface area (Å²) < 4.78 is 12.3. The maximum atomic E-state index is 12.7. The summed E-state index contributed by atoms with van der Waals surface area (Å²) in [7, 11) is 3.21. The minimum Gasteiger partial charge on any atom is -0.493 e. The lowest BCUT2D eigenvalue weighted by molar-refractivity contribution is 0.0962. The highest BCUT2D eigenvalue weighted by molar-refractivity contribution is 7.98. The number of nitrogens with zero attached hydrogens (tertiary/aromatic N) is 4. The van der Waals surface area contributed by atoms with Crippen molar-refractivity contribution < 1.29 is 14.3 Å². The lowest BCUT2D eigenvalue weighted by atomic mass is 9.82. The number of aromatic nitrogens is 4. The number of carbonyl (C=O) groups is 1. The van der Waals surface area contributed by atoms with Gasteiger partial charge in [-0.05, 0) is 36.3 Å². The summed E-state index contributed by atoms with van der Waals surface area (Å²) in [6.45, 7) is 0. The largest absolute Gasteiger partial charge is 0.493 e. The Hall–Kier alpha value is -2.61. The van der Waals surface area contributed by atoms with Crippen molar-refractivity contribution in [2.45, 2.75) is 23.9 Å². The van der Waals surface area contributed by atoms with Gasteiger partial charge in [-0.15, -0.1) is 5.10 Å². The molecule has 0 N–H and O–H groups in total. The predicted molar refractivity (Wildman–Crippen MR) is 97.5 cm³/mol. The van der Waals surface area contributed by atoms with Gasteiger partial charge in [-0.25, -0.2) is 9.50 Å². The van der Waals surface area contributed by atoms with Crippen molar-refractivity contribution in [1.82, 2.24) is 19.6 Å². The summed E-state index contributed by atoms with van der Waals surface area (Å²) >= 11 is 1.45. The Balaban J connectivity index is 1.72. The molecule has 8 heteroatoms. The molecule has 1 atom stereocenters. The average Bonchev–Trinajstić information content (AvgIpc) is 3.08. The van der Waals surface area contributed by atoms with Crippen LogP contribution in [-0.2, 0) is 6.42 Å². The van der Waals surface area contributed by atoms with Gasteiger partial charge in [-0.3, -0.25) is 4.79 Å². The molecular formula is C18H18N4O3S. The molecule has 1 aromatic carbocycles. The normalized spacial score (nSPS) is 16.6. The lowest BCUT2D eigenvalue weighted by Crippen LogP contribution is -2.21. The van der Waals surface area contributed by atoms with Crippen molar-refractivity contribution in [3.63, 3.8) is 0 Å². The van der Waals surface area contributed by atoms with Crippen LogP contribution in [-0.4, -0.2) is 45.8 Å². The van der Waals surface area contributed by atoms with Gasteiger partial charge in [-0.1, -0.05) is 17.8 Å². The van der Waals surface area contributed by atoms with Gasteiger partial charge in [0.15, 0.2) is 17.3 Å². The highest BCUT2D eigenvalue weighted by atomic mass is 32.2. The van der Waals surface area contributed by atoms with Gasteiger partial charge in [-0.2, -0.15) is 4.98 Å². The molecule has 134 valence electrons. The van der Waals surface area contributed by atoms with Crippen LogP contribution in [0.1, 0.15) is 34.0 Å². The van der Waals surface area contributed by atoms with E-state index in [2.05, 4.69) is 15.1 Å². The quantitative estimate of drug-likeness (QED) is 0.653. The van der Waals surface area contributed by atoms with Gasteiger partial charge >= 0.3 is 0 Å². The molecule has 4 rings (SSSR count). The van der Waals surface area contributed by atoms with E-state index in [1.165, 1.54) is 11.8 Å². The zero-order valence-corrected chi connectivity index (χ0v) is 15.5. The van der Waals surface area contributed by atoms with Crippen LogP contribution in [0, 0.1) is 0 Å². The second-order valence-corrected chi connectivity index (χ2v) is 6.86. The molecular weight excluding hydrogens is 352 g/mol. The number of methoxy groups -OCH3 is 2. The number of hydrogen-bond acceptors (Lipinski definition) is 7. The van der Waals surface area contributed by atoms with Crippen molar-refractivity contribution in [2.24, 2.45) is 0 Å². The van der Waals surface area contributed by atoms with Gasteiger partial charge in [0.05, 0.1) is 25.5 Å². The summed E-state index contributed by atoms with van der Waals surface area (Å²) in [4.78, 5) is 21.7. The first-order valence-electron chi connectivity index (χ1n) is 8.18. The standard InChI is InChI=1S/C18H18N4O3S/c1-24-15-5-4-10(8-16(15)25-2)11-6-13-12(14(23)7-11)9-22-17(19-13)20-18(21-22)26-3/h4-5,8-9,11H,6-7H2,1-3H3/t11-/m0/s1. The van der Waals surface area contributed by atoms with Crippen LogP contribution in [0.5, 0.6) is 11.5 Å². The second kappa shape index (κ2) is 6.60. The van der Waals surface area contributed by atoms with E-state index < -0.39 is 0 Å². The van der Waals surface area contributed by atoms with Crippen LogP contribution in [0.3, 0.4) is 0 Å². The molecule has 1 aliphatic carbocycles. The van der Waals surface area contributed by atoms with Crippen molar-refractivity contribution in [3.05, 3.63) is 41.2 Å². The van der Waals surface area contributed by atoms with E-state index in [0.717, 1.165) is 11.3 Å². The van der Waals surface area contributed by atoms with Crippen LogP contribution in [0.2, 0.25) is 0 Å². The van der Waals surface area contributed by atoms with Gasteiger partial charge in [0.1, 0.15) is 0 Å². The Morgan fingerprint density at radius 1 is 1.15 bits per heavy atom. The number of benzene rings is 1.